The van der Waals surface area contributed by atoms with Gasteiger partial charge in [-0.05, 0) is 62.4 Å². The highest BCUT2D eigenvalue weighted by Gasteiger charge is 2.24. The molecule has 16 heteroatoms. The standard InChI is InChI=1S/2C20H16N6O2/c2*1-20(28,17-12-22-25-23-17)10-9-13-5-4-6-14(11-13)26-16-8-3-2-7-15(16)18(24-26)19(21)27/h2*2-8,11-12,28H,1H3,(H2,21,27)(H,22,23,25)/t2*20-/m10/s1. The van der Waals surface area contributed by atoms with Crippen molar-refractivity contribution < 1.29 is 19.8 Å². The van der Waals surface area contributed by atoms with E-state index in [1.807, 2.05) is 84.9 Å². The molecule has 56 heavy (non-hydrogen) atoms. The summed E-state index contributed by atoms with van der Waals surface area (Å²) in [5, 5.41) is 51.1. The van der Waals surface area contributed by atoms with E-state index in [2.05, 4.69) is 64.7 Å². The molecule has 276 valence electrons. The molecule has 0 aliphatic carbocycles. The number of amides is 2. The molecule has 4 heterocycles. The van der Waals surface area contributed by atoms with E-state index in [9.17, 15) is 19.8 Å². The molecule has 2 atom stereocenters. The number of nitrogens with two attached hydrogens (primary N) is 2. The molecule has 0 aliphatic rings. The number of nitrogens with one attached hydrogen (secondary N) is 2. The molecule has 8 rings (SSSR count). The molecule has 0 spiro atoms. The first-order valence-electron chi connectivity index (χ1n) is 16.9. The van der Waals surface area contributed by atoms with Crippen LogP contribution >= 0.6 is 0 Å². The number of hydrogen-bond acceptors (Lipinski definition) is 10. The molecule has 0 fully saturated rings. The topological polar surface area (TPSA) is 245 Å². The van der Waals surface area contributed by atoms with Gasteiger partial charge in [0.1, 0.15) is 11.4 Å². The van der Waals surface area contributed by atoms with Crippen molar-refractivity contribution in [1.29, 1.82) is 0 Å². The number of carbonyl (C=O) groups excluding carboxylic acids is 2. The first kappa shape index (κ1) is 36.4. The normalized spacial score (nSPS) is 12.9. The number of fused-ring (bicyclic) bond motifs is 2. The van der Waals surface area contributed by atoms with Crippen LogP contribution in [0.5, 0.6) is 0 Å². The zero-order valence-corrected chi connectivity index (χ0v) is 29.8. The monoisotopic (exact) mass is 744 g/mol. The Balaban J connectivity index is 0.000000172. The van der Waals surface area contributed by atoms with Crippen molar-refractivity contribution >= 4 is 33.6 Å². The number of aromatic amines is 2. The molecule has 0 bridgehead atoms. The highest BCUT2D eigenvalue weighted by atomic mass is 16.3. The zero-order valence-electron chi connectivity index (χ0n) is 29.8. The number of aromatic nitrogens is 10. The van der Waals surface area contributed by atoms with Gasteiger partial charge in [0, 0.05) is 21.9 Å². The molecular weight excluding hydrogens is 713 g/mol. The number of H-pyrrole nitrogens is 2. The second kappa shape index (κ2) is 14.8. The summed E-state index contributed by atoms with van der Waals surface area (Å²) < 4.78 is 3.30. The lowest BCUT2D eigenvalue weighted by Gasteiger charge is -2.11. The number of rotatable bonds is 6. The fourth-order valence-electron chi connectivity index (χ4n) is 5.71. The third-order valence-electron chi connectivity index (χ3n) is 8.55. The Hall–Kier alpha value is -7.92. The first-order valence-corrected chi connectivity index (χ1v) is 16.9. The number of hydrogen-bond donors (Lipinski definition) is 6. The van der Waals surface area contributed by atoms with E-state index in [4.69, 9.17) is 11.5 Å². The van der Waals surface area contributed by atoms with E-state index in [1.165, 1.54) is 12.4 Å². The van der Waals surface area contributed by atoms with E-state index in [-0.39, 0.29) is 11.4 Å². The summed E-state index contributed by atoms with van der Waals surface area (Å²) in [7, 11) is 0. The van der Waals surface area contributed by atoms with Gasteiger partial charge in [0.25, 0.3) is 11.8 Å². The number of aliphatic hydroxyl groups is 2. The largest absolute Gasteiger partial charge is 0.372 e. The van der Waals surface area contributed by atoms with Gasteiger partial charge >= 0.3 is 0 Å². The minimum Gasteiger partial charge on any atom is -0.372 e. The number of benzene rings is 4. The van der Waals surface area contributed by atoms with Crippen LogP contribution in [0, 0.1) is 23.7 Å². The molecule has 8 aromatic rings. The van der Waals surface area contributed by atoms with Gasteiger partial charge in [-0.1, -0.05) is 72.2 Å². The van der Waals surface area contributed by atoms with Crippen LogP contribution in [0.3, 0.4) is 0 Å². The van der Waals surface area contributed by atoms with Gasteiger partial charge in [-0.15, -0.1) is 0 Å². The Morgan fingerprint density at radius 1 is 0.625 bits per heavy atom. The number of para-hydroxylation sites is 2. The maximum atomic E-state index is 11.7. The van der Waals surface area contributed by atoms with Crippen LogP contribution in [0.25, 0.3) is 33.2 Å². The quantitative estimate of drug-likeness (QED) is 0.136. The Bertz CT molecular complexity index is 2650. The molecule has 4 aromatic heterocycles. The van der Waals surface area contributed by atoms with Gasteiger partial charge in [0.15, 0.2) is 22.6 Å². The van der Waals surface area contributed by atoms with Gasteiger partial charge < -0.3 is 21.7 Å². The molecule has 2 amide bonds. The molecule has 16 nitrogen and oxygen atoms in total. The smallest absolute Gasteiger partial charge is 0.269 e. The van der Waals surface area contributed by atoms with Crippen molar-refractivity contribution in [3.63, 3.8) is 0 Å². The zero-order chi connectivity index (χ0) is 39.5. The van der Waals surface area contributed by atoms with E-state index in [0.29, 0.717) is 33.3 Å². The summed E-state index contributed by atoms with van der Waals surface area (Å²) >= 11 is 0. The molecule has 0 saturated heterocycles. The van der Waals surface area contributed by atoms with E-state index in [0.717, 1.165) is 22.4 Å². The molecule has 4 aromatic carbocycles. The Morgan fingerprint density at radius 3 is 1.41 bits per heavy atom. The SMILES string of the molecule is C[C@@](O)(C#Cc1cccc(-n2nc(C(N)=O)c3ccccc32)c1)c1cn[nH]n1.C[C@](O)(C#Cc1cccc(-n2nc(C(N)=O)c3ccccc32)c1)c1cn[nH]n1. The highest BCUT2D eigenvalue weighted by Crippen LogP contribution is 2.24. The van der Waals surface area contributed by atoms with Crippen LogP contribution in [0.15, 0.2) is 109 Å². The van der Waals surface area contributed by atoms with Crippen molar-refractivity contribution in [2.45, 2.75) is 25.0 Å². The molecular formula is C40H32N12O4. The molecule has 0 radical (unpaired) electrons. The number of primary amides is 2. The second-order valence-electron chi connectivity index (χ2n) is 12.7. The van der Waals surface area contributed by atoms with Crippen LogP contribution in [-0.2, 0) is 11.2 Å². The van der Waals surface area contributed by atoms with Crippen LogP contribution in [0.1, 0.15) is 57.3 Å². The van der Waals surface area contributed by atoms with Gasteiger partial charge in [0.05, 0.1) is 34.8 Å². The minimum atomic E-state index is -1.44. The van der Waals surface area contributed by atoms with Crippen LogP contribution in [0.2, 0.25) is 0 Å². The molecule has 0 aliphatic heterocycles. The van der Waals surface area contributed by atoms with Crippen molar-refractivity contribution in [2.24, 2.45) is 11.5 Å². The third-order valence-corrected chi connectivity index (χ3v) is 8.55. The minimum absolute atomic E-state index is 0.209. The Labute approximate surface area is 318 Å². The summed E-state index contributed by atoms with van der Waals surface area (Å²) in [4.78, 5) is 23.5. The van der Waals surface area contributed by atoms with Crippen LogP contribution in [-0.4, -0.2) is 72.4 Å². The van der Waals surface area contributed by atoms with Gasteiger partial charge in [-0.2, -0.15) is 41.0 Å². The van der Waals surface area contributed by atoms with Gasteiger partial charge in [0.2, 0.25) is 0 Å². The van der Waals surface area contributed by atoms with Crippen molar-refractivity contribution in [3.8, 4) is 35.1 Å². The van der Waals surface area contributed by atoms with Crippen molar-refractivity contribution in [3.05, 3.63) is 143 Å². The summed E-state index contributed by atoms with van der Waals surface area (Å²) in [6.45, 7) is 3.09. The fraction of sp³-hybridized carbons (Fsp3) is 0.100. The third kappa shape index (κ3) is 7.45. The molecule has 0 unspecified atom stereocenters. The average molecular weight is 745 g/mol. The Morgan fingerprint density at radius 2 is 1.04 bits per heavy atom. The van der Waals surface area contributed by atoms with Crippen molar-refractivity contribution in [2.75, 3.05) is 0 Å². The van der Waals surface area contributed by atoms with Gasteiger partial charge in [-0.25, -0.2) is 9.36 Å². The second-order valence-corrected chi connectivity index (χ2v) is 12.7. The lowest BCUT2D eigenvalue weighted by atomic mass is 10.0. The highest BCUT2D eigenvalue weighted by molar-refractivity contribution is 6.05. The fourth-order valence-corrected chi connectivity index (χ4v) is 5.71. The van der Waals surface area contributed by atoms with E-state index < -0.39 is 23.0 Å². The van der Waals surface area contributed by atoms with Gasteiger partial charge in [-0.3, -0.25) is 9.59 Å². The average Bonchev–Trinajstić information content (AvgIpc) is 4.03. The molecule has 0 saturated carbocycles. The predicted molar refractivity (Wildman–Crippen MR) is 205 cm³/mol. The van der Waals surface area contributed by atoms with E-state index in [1.54, 1.807) is 35.3 Å². The van der Waals surface area contributed by atoms with Crippen LogP contribution < -0.4 is 11.5 Å². The molecule has 8 N–H and O–H groups in total. The van der Waals surface area contributed by atoms with E-state index >= 15 is 0 Å². The lowest BCUT2D eigenvalue weighted by molar-refractivity contribution is 0.0988. The first-order chi connectivity index (χ1) is 26.9. The van der Waals surface area contributed by atoms with Crippen molar-refractivity contribution in [1.82, 2.24) is 50.4 Å². The Kier molecular flexibility index (Phi) is 9.66. The summed E-state index contributed by atoms with van der Waals surface area (Å²) in [5.74, 6) is 10.3. The van der Waals surface area contributed by atoms with Crippen LogP contribution in [0.4, 0.5) is 0 Å². The number of carbonyl (C=O) groups is 2. The summed E-state index contributed by atoms with van der Waals surface area (Å²) in [6, 6.07) is 29.3. The maximum Gasteiger partial charge on any atom is 0.269 e. The number of nitrogens with zero attached hydrogens (tertiary/aromatic N) is 8. The lowest BCUT2D eigenvalue weighted by Crippen LogP contribution is -2.19. The summed E-state index contributed by atoms with van der Waals surface area (Å²) in [6.07, 6.45) is 2.85. The summed E-state index contributed by atoms with van der Waals surface area (Å²) in [5.41, 5.74) is 13.4. The predicted octanol–water partition coefficient (Wildman–Crippen LogP) is 3.00. The maximum absolute atomic E-state index is 11.7.